The van der Waals surface area contributed by atoms with Crippen LogP contribution in [0.4, 0.5) is 10.1 Å². The van der Waals surface area contributed by atoms with Crippen molar-refractivity contribution in [1.29, 1.82) is 0 Å². The third-order valence-corrected chi connectivity index (χ3v) is 5.07. The van der Waals surface area contributed by atoms with Crippen molar-refractivity contribution in [3.8, 4) is 0 Å². The van der Waals surface area contributed by atoms with Crippen molar-refractivity contribution < 1.29 is 12.8 Å². The lowest BCUT2D eigenvalue weighted by Crippen LogP contribution is -2.39. The Balaban J connectivity index is 2.08. The lowest BCUT2D eigenvalue weighted by molar-refractivity contribution is 0.211. The second kappa shape index (κ2) is 6.07. The molecule has 1 aromatic rings. The fourth-order valence-electron chi connectivity index (χ4n) is 2.55. The molecule has 2 rings (SSSR count). The first-order valence-corrected chi connectivity index (χ1v) is 8.10. The number of nitrogen functional groups attached to an aromatic ring is 1. The summed E-state index contributed by atoms with van der Waals surface area (Å²) in [6.07, 6.45) is 2.02. The number of nitrogens with two attached hydrogens (primary N) is 1. The normalized spacial score (nSPS) is 21.0. The Morgan fingerprint density at radius 1 is 1.50 bits per heavy atom. The molecule has 7 heteroatoms. The van der Waals surface area contributed by atoms with Gasteiger partial charge in [-0.15, -0.1) is 0 Å². The number of hydrogen-bond acceptors (Lipinski definition) is 4. The second-order valence-corrected chi connectivity index (χ2v) is 6.98. The lowest BCUT2D eigenvalue weighted by Gasteiger charge is -2.29. The Labute approximate surface area is 119 Å². The van der Waals surface area contributed by atoms with E-state index in [2.05, 4.69) is 9.62 Å². The summed E-state index contributed by atoms with van der Waals surface area (Å²) in [6.45, 7) is 2.18. The summed E-state index contributed by atoms with van der Waals surface area (Å²) in [5.41, 5.74) is 5.50. The Morgan fingerprint density at radius 3 is 2.90 bits per heavy atom. The van der Waals surface area contributed by atoms with Crippen LogP contribution in [0.2, 0.25) is 0 Å². The number of hydrogen-bond donors (Lipinski definition) is 2. The van der Waals surface area contributed by atoms with Crippen LogP contribution < -0.4 is 10.5 Å². The molecule has 0 aliphatic carbocycles. The van der Waals surface area contributed by atoms with Gasteiger partial charge >= 0.3 is 0 Å². The monoisotopic (exact) mass is 301 g/mol. The average Bonchev–Trinajstić information content (AvgIpc) is 2.36. The van der Waals surface area contributed by atoms with Gasteiger partial charge in [0.05, 0.1) is 5.69 Å². The van der Waals surface area contributed by atoms with Crippen LogP contribution in [0.5, 0.6) is 0 Å². The lowest BCUT2D eigenvalue weighted by atomic mass is 9.99. The van der Waals surface area contributed by atoms with Gasteiger partial charge in [-0.1, -0.05) is 6.07 Å². The van der Waals surface area contributed by atoms with E-state index in [4.69, 9.17) is 5.73 Å². The van der Waals surface area contributed by atoms with Crippen LogP contribution in [-0.4, -0.2) is 40.0 Å². The highest BCUT2D eigenvalue weighted by Crippen LogP contribution is 2.22. The van der Waals surface area contributed by atoms with E-state index in [-0.39, 0.29) is 11.6 Å². The number of nitrogens with one attached hydrogen (secondary N) is 1. The molecule has 0 saturated carbocycles. The van der Waals surface area contributed by atoms with Crippen LogP contribution in [0.25, 0.3) is 0 Å². The highest BCUT2D eigenvalue weighted by atomic mass is 32.2. The molecule has 1 heterocycles. The Morgan fingerprint density at radius 2 is 2.25 bits per heavy atom. The molecule has 1 unspecified atom stereocenters. The zero-order chi connectivity index (χ0) is 14.8. The van der Waals surface area contributed by atoms with Crippen LogP contribution in [0.1, 0.15) is 12.8 Å². The number of nitrogens with zero attached hydrogens (tertiary/aromatic N) is 1. The first-order chi connectivity index (χ1) is 9.40. The number of sulfonamides is 1. The highest BCUT2D eigenvalue weighted by molar-refractivity contribution is 7.89. The van der Waals surface area contributed by atoms with E-state index < -0.39 is 20.7 Å². The maximum Gasteiger partial charge on any atom is 0.245 e. The molecule has 1 saturated heterocycles. The maximum atomic E-state index is 13.7. The van der Waals surface area contributed by atoms with Crippen molar-refractivity contribution in [2.45, 2.75) is 17.7 Å². The highest BCUT2D eigenvalue weighted by Gasteiger charge is 2.24. The number of piperidine rings is 1. The van der Waals surface area contributed by atoms with E-state index in [0.29, 0.717) is 6.54 Å². The molecule has 0 spiro atoms. The largest absolute Gasteiger partial charge is 0.398 e. The Kier molecular flexibility index (Phi) is 4.62. The van der Waals surface area contributed by atoms with E-state index >= 15 is 0 Å². The molecule has 1 aliphatic heterocycles. The summed E-state index contributed by atoms with van der Waals surface area (Å²) in [5, 5.41) is 0. The molecule has 0 aromatic heterocycles. The number of rotatable bonds is 4. The van der Waals surface area contributed by atoms with Gasteiger partial charge in [-0.05, 0) is 44.5 Å². The smallest absolute Gasteiger partial charge is 0.245 e. The maximum absolute atomic E-state index is 13.7. The van der Waals surface area contributed by atoms with E-state index in [1.807, 2.05) is 7.05 Å². The van der Waals surface area contributed by atoms with Gasteiger partial charge in [0.1, 0.15) is 10.7 Å². The SMILES string of the molecule is CN1CCCC(CNS(=O)(=O)c2c(N)cccc2F)C1. The van der Waals surface area contributed by atoms with Crippen LogP contribution in [0, 0.1) is 11.7 Å². The van der Waals surface area contributed by atoms with E-state index in [9.17, 15) is 12.8 Å². The molecule has 0 bridgehead atoms. The Bertz CT molecular complexity index is 557. The zero-order valence-electron chi connectivity index (χ0n) is 11.5. The Hall–Kier alpha value is -1.18. The molecular formula is C13H20FN3O2S. The summed E-state index contributed by atoms with van der Waals surface area (Å²) in [6, 6.07) is 3.87. The molecule has 0 radical (unpaired) electrons. The molecule has 20 heavy (non-hydrogen) atoms. The van der Waals surface area contributed by atoms with Crippen LogP contribution in [0.3, 0.4) is 0 Å². The molecule has 1 aliphatic rings. The number of benzene rings is 1. The summed E-state index contributed by atoms with van der Waals surface area (Å²) in [7, 11) is -1.90. The molecule has 1 aromatic carbocycles. The third kappa shape index (κ3) is 3.47. The van der Waals surface area contributed by atoms with Crippen molar-refractivity contribution in [3.63, 3.8) is 0 Å². The van der Waals surface area contributed by atoms with E-state index in [1.54, 1.807) is 0 Å². The topological polar surface area (TPSA) is 75.4 Å². The molecule has 0 amide bonds. The molecule has 1 atom stereocenters. The number of anilines is 1. The molecule has 1 fully saturated rings. The van der Waals surface area contributed by atoms with Gasteiger partial charge in [-0.3, -0.25) is 0 Å². The van der Waals surface area contributed by atoms with Gasteiger partial charge in [0, 0.05) is 13.1 Å². The fourth-order valence-corrected chi connectivity index (χ4v) is 3.85. The van der Waals surface area contributed by atoms with Gasteiger partial charge in [-0.25, -0.2) is 17.5 Å². The molecule has 112 valence electrons. The number of halogens is 1. The summed E-state index contributed by atoms with van der Waals surface area (Å²) >= 11 is 0. The van der Waals surface area contributed by atoms with Crippen LogP contribution >= 0.6 is 0 Å². The van der Waals surface area contributed by atoms with E-state index in [0.717, 1.165) is 32.0 Å². The van der Waals surface area contributed by atoms with Crippen molar-refractivity contribution in [1.82, 2.24) is 9.62 Å². The van der Waals surface area contributed by atoms with Crippen molar-refractivity contribution >= 4 is 15.7 Å². The fraction of sp³-hybridized carbons (Fsp3) is 0.538. The van der Waals surface area contributed by atoms with Crippen molar-refractivity contribution in [2.24, 2.45) is 5.92 Å². The van der Waals surface area contributed by atoms with Crippen molar-refractivity contribution in [3.05, 3.63) is 24.0 Å². The van der Waals surface area contributed by atoms with Crippen molar-refractivity contribution in [2.75, 3.05) is 32.4 Å². The van der Waals surface area contributed by atoms with Gasteiger partial charge in [0.25, 0.3) is 0 Å². The quantitative estimate of drug-likeness (QED) is 0.815. The van der Waals surface area contributed by atoms with Crippen LogP contribution in [0.15, 0.2) is 23.1 Å². The van der Waals surface area contributed by atoms with Crippen LogP contribution in [-0.2, 0) is 10.0 Å². The predicted octanol–water partition coefficient (Wildman–Crippen LogP) is 1.03. The van der Waals surface area contributed by atoms with Gasteiger partial charge in [0.15, 0.2) is 0 Å². The zero-order valence-corrected chi connectivity index (χ0v) is 12.3. The first kappa shape index (κ1) is 15.2. The molecule has 3 N–H and O–H groups in total. The van der Waals surface area contributed by atoms with E-state index in [1.165, 1.54) is 12.1 Å². The molecular weight excluding hydrogens is 281 g/mol. The minimum atomic E-state index is -3.91. The summed E-state index contributed by atoms with van der Waals surface area (Å²) in [5.74, 6) is -0.574. The first-order valence-electron chi connectivity index (χ1n) is 6.62. The summed E-state index contributed by atoms with van der Waals surface area (Å²) < 4.78 is 40.4. The summed E-state index contributed by atoms with van der Waals surface area (Å²) in [4.78, 5) is 1.71. The molecule has 5 nitrogen and oxygen atoms in total. The predicted molar refractivity (Wildman–Crippen MR) is 76.2 cm³/mol. The minimum absolute atomic E-state index is 0.0711. The van der Waals surface area contributed by atoms with Gasteiger partial charge < -0.3 is 10.6 Å². The average molecular weight is 301 g/mol. The standard InChI is InChI=1S/C13H20FN3O2S/c1-17-7-3-4-10(9-17)8-16-20(18,19)13-11(14)5-2-6-12(13)15/h2,5-6,10,16H,3-4,7-9,15H2,1H3. The second-order valence-electron chi connectivity index (χ2n) is 5.28. The minimum Gasteiger partial charge on any atom is -0.398 e. The third-order valence-electron chi connectivity index (χ3n) is 3.55. The number of likely N-dealkylation sites (tertiary alicyclic amines) is 1. The van der Waals surface area contributed by atoms with Gasteiger partial charge in [-0.2, -0.15) is 0 Å². The van der Waals surface area contributed by atoms with Gasteiger partial charge in [0.2, 0.25) is 10.0 Å².